The van der Waals surface area contributed by atoms with E-state index in [1.807, 2.05) is 30.3 Å². The van der Waals surface area contributed by atoms with Crippen molar-refractivity contribution < 1.29 is 9.18 Å². The molecular weight excluding hydrogens is 229 g/mol. The molecule has 0 aliphatic rings. The molecule has 0 saturated carbocycles. The molecule has 18 heavy (non-hydrogen) atoms. The van der Waals surface area contributed by atoms with Crippen molar-refractivity contribution in [3.05, 3.63) is 72.1 Å². The summed E-state index contributed by atoms with van der Waals surface area (Å²) in [5, 5.41) is 2.65. The minimum absolute atomic E-state index is 0.245. The van der Waals surface area contributed by atoms with Gasteiger partial charge >= 0.3 is 0 Å². The van der Waals surface area contributed by atoms with Crippen LogP contribution in [0.15, 0.2) is 60.7 Å². The lowest BCUT2D eigenvalue weighted by Crippen LogP contribution is -2.07. The summed E-state index contributed by atoms with van der Waals surface area (Å²) in [6, 6.07) is 15.2. The third kappa shape index (κ3) is 3.56. The number of rotatable bonds is 3. The maximum Gasteiger partial charge on any atom is 0.248 e. The van der Waals surface area contributed by atoms with Crippen LogP contribution >= 0.6 is 0 Å². The average Bonchev–Trinajstić information content (AvgIpc) is 2.40. The molecule has 2 aromatic rings. The number of benzene rings is 2. The number of carbonyl (C=O) groups excluding carboxylic acids is 1. The van der Waals surface area contributed by atoms with Gasteiger partial charge in [0.15, 0.2) is 0 Å². The van der Waals surface area contributed by atoms with Crippen molar-refractivity contribution in [2.24, 2.45) is 0 Å². The largest absolute Gasteiger partial charge is 0.323 e. The molecule has 0 fully saturated rings. The van der Waals surface area contributed by atoms with Crippen LogP contribution < -0.4 is 5.32 Å². The van der Waals surface area contributed by atoms with Gasteiger partial charge in [0.1, 0.15) is 5.82 Å². The Bertz CT molecular complexity index is 546. The third-order valence-corrected chi connectivity index (χ3v) is 2.34. The Labute approximate surface area is 105 Å². The maximum atomic E-state index is 12.7. The topological polar surface area (TPSA) is 29.1 Å². The number of amides is 1. The van der Waals surface area contributed by atoms with Crippen LogP contribution in [0.3, 0.4) is 0 Å². The lowest BCUT2D eigenvalue weighted by atomic mass is 10.2. The SMILES string of the molecule is O=C(/C=C\c1ccccc1)Nc1ccc(F)cc1. The highest BCUT2D eigenvalue weighted by Crippen LogP contribution is 2.08. The zero-order valence-electron chi connectivity index (χ0n) is 9.64. The Kier molecular flexibility index (Phi) is 3.86. The molecule has 1 amide bonds. The zero-order valence-corrected chi connectivity index (χ0v) is 9.64. The summed E-state index contributed by atoms with van der Waals surface area (Å²) in [5.41, 5.74) is 1.52. The second-order valence-electron chi connectivity index (χ2n) is 3.74. The van der Waals surface area contributed by atoms with Crippen molar-refractivity contribution in [3.8, 4) is 0 Å². The third-order valence-electron chi connectivity index (χ3n) is 2.34. The summed E-state index contributed by atoms with van der Waals surface area (Å²) in [4.78, 5) is 11.6. The van der Waals surface area contributed by atoms with Gasteiger partial charge in [0.25, 0.3) is 0 Å². The number of hydrogen-bond donors (Lipinski definition) is 1. The molecule has 0 saturated heterocycles. The van der Waals surface area contributed by atoms with Gasteiger partial charge in [-0.1, -0.05) is 30.3 Å². The van der Waals surface area contributed by atoms with E-state index in [9.17, 15) is 9.18 Å². The van der Waals surface area contributed by atoms with Crippen LogP contribution in [0.4, 0.5) is 10.1 Å². The highest BCUT2D eigenvalue weighted by molar-refractivity contribution is 6.01. The Balaban J connectivity index is 1.97. The standard InChI is InChI=1S/C15H12FNO/c16-13-7-9-14(10-8-13)17-15(18)11-6-12-4-2-1-3-5-12/h1-11H,(H,17,18)/b11-6-. The fourth-order valence-electron chi connectivity index (χ4n) is 1.45. The summed E-state index contributed by atoms with van der Waals surface area (Å²) in [5.74, 6) is -0.571. The highest BCUT2D eigenvalue weighted by atomic mass is 19.1. The van der Waals surface area contributed by atoms with Gasteiger partial charge in [-0.3, -0.25) is 4.79 Å². The first-order chi connectivity index (χ1) is 8.74. The molecule has 0 atom stereocenters. The predicted octanol–water partition coefficient (Wildman–Crippen LogP) is 3.48. The van der Waals surface area contributed by atoms with E-state index in [-0.39, 0.29) is 11.7 Å². The number of anilines is 1. The summed E-state index contributed by atoms with van der Waals surface area (Å²) >= 11 is 0. The van der Waals surface area contributed by atoms with E-state index in [4.69, 9.17) is 0 Å². The van der Waals surface area contributed by atoms with Gasteiger partial charge in [-0.25, -0.2) is 4.39 Å². The first kappa shape index (κ1) is 12.0. The molecule has 0 aliphatic carbocycles. The van der Waals surface area contributed by atoms with Crippen LogP contribution in [0.2, 0.25) is 0 Å². The molecule has 0 aromatic heterocycles. The molecule has 0 bridgehead atoms. The van der Waals surface area contributed by atoms with E-state index in [0.717, 1.165) is 5.56 Å². The van der Waals surface area contributed by atoms with Gasteiger partial charge in [-0.2, -0.15) is 0 Å². The highest BCUT2D eigenvalue weighted by Gasteiger charge is 1.97. The van der Waals surface area contributed by atoms with E-state index in [1.165, 1.54) is 30.3 Å². The van der Waals surface area contributed by atoms with E-state index >= 15 is 0 Å². The van der Waals surface area contributed by atoms with Crippen LogP contribution in [0.1, 0.15) is 5.56 Å². The minimum Gasteiger partial charge on any atom is -0.323 e. The molecule has 3 heteroatoms. The summed E-state index contributed by atoms with van der Waals surface area (Å²) in [7, 11) is 0. The summed E-state index contributed by atoms with van der Waals surface area (Å²) in [6.45, 7) is 0. The Morgan fingerprint density at radius 2 is 1.67 bits per heavy atom. The van der Waals surface area contributed by atoms with Crippen molar-refractivity contribution in [3.63, 3.8) is 0 Å². The Morgan fingerprint density at radius 3 is 2.33 bits per heavy atom. The lowest BCUT2D eigenvalue weighted by Gasteiger charge is -2.01. The van der Waals surface area contributed by atoms with Crippen LogP contribution in [-0.4, -0.2) is 5.91 Å². The first-order valence-corrected chi connectivity index (χ1v) is 5.54. The molecular formula is C15H12FNO. The fraction of sp³-hybridized carbons (Fsp3) is 0. The first-order valence-electron chi connectivity index (χ1n) is 5.54. The van der Waals surface area contributed by atoms with E-state index in [2.05, 4.69) is 5.32 Å². The molecule has 0 aliphatic heterocycles. The van der Waals surface area contributed by atoms with Crippen molar-refractivity contribution >= 4 is 17.7 Å². The summed E-state index contributed by atoms with van der Waals surface area (Å²) < 4.78 is 12.7. The van der Waals surface area contributed by atoms with Crippen LogP contribution in [0, 0.1) is 5.82 Å². The van der Waals surface area contributed by atoms with Crippen molar-refractivity contribution in [2.45, 2.75) is 0 Å². The van der Waals surface area contributed by atoms with Crippen LogP contribution in [0.25, 0.3) is 6.08 Å². The molecule has 0 heterocycles. The molecule has 0 radical (unpaired) electrons. The molecule has 0 spiro atoms. The number of hydrogen-bond acceptors (Lipinski definition) is 1. The normalized spacial score (nSPS) is 10.5. The monoisotopic (exact) mass is 241 g/mol. The smallest absolute Gasteiger partial charge is 0.248 e. The lowest BCUT2D eigenvalue weighted by molar-refractivity contribution is -0.111. The van der Waals surface area contributed by atoms with Crippen molar-refractivity contribution in [1.29, 1.82) is 0 Å². The van der Waals surface area contributed by atoms with Gasteiger partial charge in [0, 0.05) is 11.8 Å². The van der Waals surface area contributed by atoms with Gasteiger partial charge in [0.2, 0.25) is 5.91 Å². The number of carbonyl (C=O) groups is 1. The second-order valence-corrected chi connectivity index (χ2v) is 3.74. The van der Waals surface area contributed by atoms with Gasteiger partial charge < -0.3 is 5.32 Å². The molecule has 2 rings (SSSR count). The van der Waals surface area contributed by atoms with Gasteiger partial charge in [-0.05, 0) is 35.9 Å². The van der Waals surface area contributed by atoms with E-state index < -0.39 is 0 Å². The number of nitrogens with one attached hydrogen (secondary N) is 1. The fourth-order valence-corrected chi connectivity index (χ4v) is 1.45. The van der Waals surface area contributed by atoms with E-state index in [0.29, 0.717) is 5.69 Å². The maximum absolute atomic E-state index is 12.7. The van der Waals surface area contributed by atoms with Gasteiger partial charge in [0.05, 0.1) is 0 Å². The second kappa shape index (κ2) is 5.77. The predicted molar refractivity (Wildman–Crippen MR) is 70.5 cm³/mol. The zero-order chi connectivity index (χ0) is 12.8. The summed E-state index contributed by atoms with van der Waals surface area (Å²) in [6.07, 6.45) is 3.16. The molecule has 1 N–H and O–H groups in total. The van der Waals surface area contributed by atoms with Crippen LogP contribution in [0.5, 0.6) is 0 Å². The van der Waals surface area contributed by atoms with Crippen molar-refractivity contribution in [2.75, 3.05) is 5.32 Å². The number of halogens is 1. The van der Waals surface area contributed by atoms with E-state index in [1.54, 1.807) is 6.08 Å². The quantitative estimate of drug-likeness (QED) is 0.819. The average molecular weight is 241 g/mol. The molecule has 2 aromatic carbocycles. The van der Waals surface area contributed by atoms with Crippen LogP contribution in [-0.2, 0) is 4.79 Å². The molecule has 90 valence electrons. The van der Waals surface area contributed by atoms with Gasteiger partial charge in [-0.15, -0.1) is 0 Å². The Morgan fingerprint density at radius 1 is 1.00 bits per heavy atom. The molecule has 0 unspecified atom stereocenters. The van der Waals surface area contributed by atoms with Crippen molar-refractivity contribution in [1.82, 2.24) is 0 Å². The molecule has 2 nitrogen and oxygen atoms in total. The Hall–Kier alpha value is -2.42. The minimum atomic E-state index is -0.326.